The Bertz CT molecular complexity index is 122. The standard InChI is InChI=1S/C12H24O/c1-3-11-7-8-12(10-11)6-5-9-13-4-2/h11-12H,3-10H2,1-2H3. The van der Waals surface area contributed by atoms with Crippen molar-refractivity contribution in [1.29, 1.82) is 0 Å². The molecule has 1 aliphatic rings. The van der Waals surface area contributed by atoms with Crippen LogP contribution in [0.2, 0.25) is 0 Å². The molecular weight excluding hydrogens is 160 g/mol. The van der Waals surface area contributed by atoms with Gasteiger partial charge >= 0.3 is 0 Å². The highest BCUT2D eigenvalue weighted by Gasteiger charge is 2.22. The molecule has 1 nitrogen and oxygen atoms in total. The SMILES string of the molecule is CCOCCCC1CCC(CC)C1. The van der Waals surface area contributed by atoms with E-state index in [2.05, 4.69) is 13.8 Å². The molecule has 0 N–H and O–H groups in total. The summed E-state index contributed by atoms with van der Waals surface area (Å²) in [5.41, 5.74) is 0. The molecule has 1 heteroatoms. The molecular formula is C12H24O. The lowest BCUT2D eigenvalue weighted by molar-refractivity contribution is 0.139. The first kappa shape index (κ1) is 11.0. The van der Waals surface area contributed by atoms with E-state index in [-0.39, 0.29) is 0 Å². The summed E-state index contributed by atoms with van der Waals surface area (Å²) >= 11 is 0. The first-order chi connectivity index (χ1) is 6.36. The third kappa shape index (κ3) is 4.12. The van der Waals surface area contributed by atoms with Crippen LogP contribution >= 0.6 is 0 Å². The van der Waals surface area contributed by atoms with E-state index < -0.39 is 0 Å². The van der Waals surface area contributed by atoms with Crippen LogP contribution < -0.4 is 0 Å². The summed E-state index contributed by atoms with van der Waals surface area (Å²) in [4.78, 5) is 0. The maximum absolute atomic E-state index is 5.35. The Labute approximate surface area is 82.9 Å². The number of rotatable bonds is 6. The Hall–Kier alpha value is -0.0400. The lowest BCUT2D eigenvalue weighted by atomic mass is 9.99. The minimum Gasteiger partial charge on any atom is -0.382 e. The zero-order valence-electron chi connectivity index (χ0n) is 9.22. The molecule has 0 aromatic carbocycles. The summed E-state index contributed by atoms with van der Waals surface area (Å²) in [6.07, 6.45) is 8.51. The summed E-state index contributed by atoms with van der Waals surface area (Å²) in [6, 6.07) is 0. The van der Waals surface area contributed by atoms with Crippen LogP contribution in [0, 0.1) is 11.8 Å². The predicted octanol–water partition coefficient (Wildman–Crippen LogP) is 3.63. The van der Waals surface area contributed by atoms with Crippen molar-refractivity contribution >= 4 is 0 Å². The molecule has 0 radical (unpaired) electrons. The molecule has 0 aromatic rings. The van der Waals surface area contributed by atoms with Gasteiger partial charge in [0.1, 0.15) is 0 Å². The largest absolute Gasteiger partial charge is 0.382 e. The summed E-state index contributed by atoms with van der Waals surface area (Å²) in [7, 11) is 0. The molecule has 78 valence electrons. The Morgan fingerprint density at radius 2 is 1.92 bits per heavy atom. The van der Waals surface area contributed by atoms with Gasteiger partial charge in [0.05, 0.1) is 0 Å². The second-order valence-electron chi connectivity index (χ2n) is 4.29. The van der Waals surface area contributed by atoms with Crippen LogP contribution in [0.15, 0.2) is 0 Å². The van der Waals surface area contributed by atoms with E-state index in [9.17, 15) is 0 Å². The summed E-state index contributed by atoms with van der Waals surface area (Å²) < 4.78 is 5.35. The van der Waals surface area contributed by atoms with E-state index in [1.54, 1.807) is 0 Å². The number of hydrogen-bond donors (Lipinski definition) is 0. The van der Waals surface area contributed by atoms with Crippen LogP contribution in [0.3, 0.4) is 0 Å². The maximum atomic E-state index is 5.35. The summed E-state index contributed by atoms with van der Waals surface area (Å²) in [5, 5.41) is 0. The lowest BCUT2D eigenvalue weighted by Gasteiger charge is -2.09. The van der Waals surface area contributed by atoms with Crippen molar-refractivity contribution in [1.82, 2.24) is 0 Å². The first-order valence-electron chi connectivity index (χ1n) is 5.94. The Morgan fingerprint density at radius 3 is 2.54 bits per heavy atom. The van der Waals surface area contributed by atoms with E-state index in [0.29, 0.717) is 0 Å². The summed E-state index contributed by atoms with van der Waals surface area (Å²) in [6.45, 7) is 6.25. The van der Waals surface area contributed by atoms with E-state index in [1.807, 2.05) is 0 Å². The topological polar surface area (TPSA) is 9.23 Å². The van der Waals surface area contributed by atoms with Crippen LogP contribution in [0.4, 0.5) is 0 Å². The molecule has 1 saturated carbocycles. The Kier molecular flexibility index (Phi) is 5.45. The monoisotopic (exact) mass is 184 g/mol. The van der Waals surface area contributed by atoms with Crippen molar-refractivity contribution in [3.05, 3.63) is 0 Å². The van der Waals surface area contributed by atoms with Crippen molar-refractivity contribution in [3.63, 3.8) is 0 Å². The minimum atomic E-state index is 0.877. The van der Waals surface area contributed by atoms with Gasteiger partial charge in [-0.1, -0.05) is 26.2 Å². The fraction of sp³-hybridized carbons (Fsp3) is 1.00. The van der Waals surface area contributed by atoms with Gasteiger partial charge in [0, 0.05) is 13.2 Å². The van der Waals surface area contributed by atoms with Gasteiger partial charge in [0.25, 0.3) is 0 Å². The smallest absolute Gasteiger partial charge is 0.0465 e. The van der Waals surface area contributed by atoms with Crippen LogP contribution in [0.25, 0.3) is 0 Å². The average molecular weight is 184 g/mol. The van der Waals surface area contributed by atoms with Crippen LogP contribution in [0.1, 0.15) is 52.4 Å². The predicted molar refractivity (Wildman–Crippen MR) is 56.8 cm³/mol. The van der Waals surface area contributed by atoms with Gasteiger partial charge in [-0.2, -0.15) is 0 Å². The zero-order chi connectivity index (χ0) is 9.52. The van der Waals surface area contributed by atoms with Crippen molar-refractivity contribution < 1.29 is 4.74 Å². The molecule has 0 heterocycles. The molecule has 0 aromatic heterocycles. The second kappa shape index (κ2) is 6.42. The highest BCUT2D eigenvalue weighted by atomic mass is 16.5. The van der Waals surface area contributed by atoms with Gasteiger partial charge in [0.15, 0.2) is 0 Å². The van der Waals surface area contributed by atoms with E-state index in [4.69, 9.17) is 4.74 Å². The third-order valence-corrected chi connectivity index (χ3v) is 3.33. The molecule has 0 saturated heterocycles. The zero-order valence-corrected chi connectivity index (χ0v) is 9.22. The van der Waals surface area contributed by atoms with Crippen molar-refractivity contribution in [2.24, 2.45) is 11.8 Å². The molecule has 0 aliphatic heterocycles. The Morgan fingerprint density at radius 1 is 1.15 bits per heavy atom. The maximum Gasteiger partial charge on any atom is 0.0465 e. The molecule has 0 bridgehead atoms. The second-order valence-corrected chi connectivity index (χ2v) is 4.29. The molecule has 0 spiro atoms. The van der Waals surface area contributed by atoms with Gasteiger partial charge in [-0.15, -0.1) is 0 Å². The van der Waals surface area contributed by atoms with Crippen LogP contribution in [-0.2, 0) is 4.74 Å². The normalized spacial score (nSPS) is 28.2. The fourth-order valence-corrected chi connectivity index (χ4v) is 2.43. The van der Waals surface area contributed by atoms with Crippen LogP contribution in [0.5, 0.6) is 0 Å². The van der Waals surface area contributed by atoms with Gasteiger partial charge in [-0.05, 0) is 38.0 Å². The van der Waals surface area contributed by atoms with Crippen molar-refractivity contribution in [2.75, 3.05) is 13.2 Å². The van der Waals surface area contributed by atoms with Crippen molar-refractivity contribution in [2.45, 2.75) is 52.4 Å². The molecule has 2 atom stereocenters. The van der Waals surface area contributed by atoms with Crippen molar-refractivity contribution in [3.8, 4) is 0 Å². The molecule has 1 fully saturated rings. The highest BCUT2D eigenvalue weighted by molar-refractivity contribution is 4.74. The quantitative estimate of drug-likeness (QED) is 0.573. The third-order valence-electron chi connectivity index (χ3n) is 3.33. The van der Waals surface area contributed by atoms with E-state index in [0.717, 1.165) is 25.0 Å². The van der Waals surface area contributed by atoms with E-state index in [1.165, 1.54) is 38.5 Å². The lowest BCUT2D eigenvalue weighted by Crippen LogP contribution is -2.00. The molecule has 1 rings (SSSR count). The highest BCUT2D eigenvalue weighted by Crippen LogP contribution is 2.35. The molecule has 13 heavy (non-hydrogen) atoms. The van der Waals surface area contributed by atoms with E-state index >= 15 is 0 Å². The first-order valence-corrected chi connectivity index (χ1v) is 5.94. The van der Waals surface area contributed by atoms with Crippen LogP contribution in [-0.4, -0.2) is 13.2 Å². The fourth-order valence-electron chi connectivity index (χ4n) is 2.43. The van der Waals surface area contributed by atoms with Gasteiger partial charge in [-0.25, -0.2) is 0 Å². The summed E-state index contributed by atoms with van der Waals surface area (Å²) in [5.74, 6) is 2.06. The number of hydrogen-bond acceptors (Lipinski definition) is 1. The van der Waals surface area contributed by atoms with Gasteiger partial charge in [0.2, 0.25) is 0 Å². The average Bonchev–Trinajstić information content (AvgIpc) is 2.60. The molecule has 0 amide bonds. The molecule has 1 aliphatic carbocycles. The number of ether oxygens (including phenoxy) is 1. The molecule has 2 unspecified atom stereocenters. The van der Waals surface area contributed by atoms with Gasteiger partial charge in [-0.3, -0.25) is 0 Å². The Balaban J connectivity index is 1.97. The van der Waals surface area contributed by atoms with Gasteiger partial charge < -0.3 is 4.74 Å². The minimum absolute atomic E-state index is 0.877.